The molecule has 0 spiro atoms. The number of hydrogen-bond donors (Lipinski definition) is 0. The van der Waals surface area contributed by atoms with Gasteiger partial charge in [-0.25, -0.2) is 5.32 Å². The molecular weight excluding hydrogens is 328 g/mol. The van der Waals surface area contributed by atoms with Crippen LogP contribution in [-0.2, 0) is 0 Å². The first-order valence-electron chi connectivity index (χ1n) is 6.04. The molecule has 2 rings (SSSR count). The monoisotopic (exact) mass is 336 g/mol. The molecule has 2 aromatic rings. The third kappa shape index (κ3) is 5.97. The van der Waals surface area contributed by atoms with Gasteiger partial charge < -0.3 is 9.47 Å². The van der Waals surface area contributed by atoms with Crippen LogP contribution in [0.15, 0.2) is 48.5 Å². The summed E-state index contributed by atoms with van der Waals surface area (Å²) in [6.07, 6.45) is -9.57. The molecule has 0 heterocycles. The molecule has 1 radical (unpaired) electrons. The fraction of sp³-hybridized carbons (Fsp3) is 0.143. The number of hydrogen-bond acceptors (Lipinski definition) is 2. The van der Waals surface area contributed by atoms with Crippen molar-refractivity contribution in [3.63, 3.8) is 0 Å². The van der Waals surface area contributed by atoms with Gasteiger partial charge in [0.2, 0.25) is 0 Å². The van der Waals surface area contributed by atoms with E-state index in [0.29, 0.717) is 11.4 Å². The molecule has 0 bridgehead atoms. The molecular formula is C14H8F6NO2. The zero-order valence-electron chi connectivity index (χ0n) is 11.2. The molecule has 0 N–H and O–H groups in total. The molecule has 3 nitrogen and oxygen atoms in total. The molecule has 0 unspecified atom stereocenters. The summed E-state index contributed by atoms with van der Waals surface area (Å²) in [5, 5.41) is 4.04. The van der Waals surface area contributed by atoms with Crippen molar-refractivity contribution >= 4 is 11.4 Å². The molecule has 0 saturated heterocycles. The van der Waals surface area contributed by atoms with Crippen LogP contribution in [0.3, 0.4) is 0 Å². The molecule has 9 heteroatoms. The van der Waals surface area contributed by atoms with Gasteiger partial charge in [0.1, 0.15) is 11.5 Å². The van der Waals surface area contributed by atoms with Crippen LogP contribution in [-0.4, -0.2) is 12.7 Å². The summed E-state index contributed by atoms with van der Waals surface area (Å²) in [6.45, 7) is 0. The van der Waals surface area contributed by atoms with Crippen LogP contribution in [0.25, 0.3) is 0 Å². The number of ether oxygens (including phenoxy) is 2. The van der Waals surface area contributed by atoms with Gasteiger partial charge in [0.05, 0.1) is 11.4 Å². The minimum atomic E-state index is -4.78. The van der Waals surface area contributed by atoms with Gasteiger partial charge in [-0.05, 0) is 48.5 Å². The van der Waals surface area contributed by atoms with E-state index >= 15 is 0 Å². The van der Waals surface area contributed by atoms with Crippen molar-refractivity contribution in [1.29, 1.82) is 0 Å². The third-order valence-corrected chi connectivity index (χ3v) is 2.40. The van der Waals surface area contributed by atoms with E-state index in [1.165, 1.54) is 24.3 Å². The molecule has 0 fully saturated rings. The molecule has 0 aliphatic heterocycles. The maximum absolute atomic E-state index is 12.0. The standard InChI is InChI=1S/C14H8F6NO2/c15-13(16,17)22-11-5-1-9(2-6-11)21-10-3-7-12(8-4-10)23-14(18,19)20/h1-8H. The normalized spacial score (nSPS) is 11.9. The second kappa shape index (κ2) is 6.27. The van der Waals surface area contributed by atoms with Crippen LogP contribution < -0.4 is 14.8 Å². The van der Waals surface area contributed by atoms with Gasteiger partial charge in [-0.3, -0.25) is 0 Å². The fourth-order valence-electron chi connectivity index (χ4n) is 1.59. The Balaban J connectivity index is 1.99. The Labute approximate surface area is 126 Å². The molecule has 23 heavy (non-hydrogen) atoms. The first-order valence-corrected chi connectivity index (χ1v) is 6.04. The highest BCUT2D eigenvalue weighted by atomic mass is 19.4. The zero-order valence-corrected chi connectivity index (χ0v) is 11.2. The lowest BCUT2D eigenvalue weighted by Crippen LogP contribution is -2.17. The lowest BCUT2D eigenvalue weighted by atomic mass is 10.2. The van der Waals surface area contributed by atoms with Crippen LogP contribution in [0.5, 0.6) is 11.5 Å². The molecule has 0 amide bonds. The summed E-state index contributed by atoms with van der Waals surface area (Å²) in [7, 11) is 0. The average Bonchev–Trinajstić information content (AvgIpc) is 2.40. The molecule has 0 atom stereocenters. The third-order valence-electron chi connectivity index (χ3n) is 2.40. The highest BCUT2D eigenvalue weighted by Gasteiger charge is 2.31. The number of benzene rings is 2. The Morgan fingerprint density at radius 3 is 1.13 bits per heavy atom. The Morgan fingerprint density at radius 1 is 0.565 bits per heavy atom. The van der Waals surface area contributed by atoms with E-state index in [4.69, 9.17) is 0 Å². The summed E-state index contributed by atoms with van der Waals surface area (Å²) in [5.41, 5.74) is 0.619. The van der Waals surface area contributed by atoms with E-state index in [1.54, 1.807) is 0 Å². The topological polar surface area (TPSA) is 32.6 Å². The van der Waals surface area contributed by atoms with E-state index < -0.39 is 24.2 Å². The maximum Gasteiger partial charge on any atom is 0.573 e. The van der Waals surface area contributed by atoms with Crippen molar-refractivity contribution in [2.75, 3.05) is 0 Å². The number of alkyl halides is 6. The Kier molecular flexibility index (Phi) is 4.57. The van der Waals surface area contributed by atoms with Gasteiger partial charge in [-0.1, -0.05) is 0 Å². The van der Waals surface area contributed by atoms with E-state index in [1.807, 2.05) is 0 Å². The Morgan fingerprint density at radius 2 is 0.870 bits per heavy atom. The van der Waals surface area contributed by atoms with E-state index in [-0.39, 0.29) is 0 Å². The van der Waals surface area contributed by atoms with Crippen molar-refractivity contribution in [1.82, 2.24) is 5.32 Å². The SMILES string of the molecule is FC(F)(F)Oc1ccc([N]c2ccc(OC(F)(F)F)cc2)cc1. The Bertz CT molecular complexity index is 577. The van der Waals surface area contributed by atoms with Gasteiger partial charge in [0.25, 0.3) is 0 Å². The minimum absolute atomic E-state index is 0.309. The van der Waals surface area contributed by atoms with E-state index in [9.17, 15) is 26.3 Å². The first kappa shape index (κ1) is 16.8. The predicted molar refractivity (Wildman–Crippen MR) is 67.7 cm³/mol. The number of halogens is 6. The summed E-state index contributed by atoms with van der Waals surface area (Å²) in [5.74, 6) is -0.796. The van der Waals surface area contributed by atoms with Crippen molar-refractivity contribution in [2.24, 2.45) is 0 Å². The Hall–Kier alpha value is -2.58. The molecule has 2 aromatic carbocycles. The second-order valence-electron chi connectivity index (χ2n) is 4.20. The molecule has 123 valence electrons. The molecule has 0 aliphatic carbocycles. The number of nitrogens with zero attached hydrogens (tertiary/aromatic N) is 1. The minimum Gasteiger partial charge on any atom is -0.406 e. The lowest BCUT2D eigenvalue weighted by molar-refractivity contribution is -0.275. The van der Waals surface area contributed by atoms with Crippen molar-refractivity contribution < 1.29 is 35.8 Å². The maximum atomic E-state index is 12.0. The van der Waals surface area contributed by atoms with Gasteiger partial charge in [-0.15, -0.1) is 26.3 Å². The molecule has 0 aromatic heterocycles. The summed E-state index contributed by atoms with van der Waals surface area (Å²) in [4.78, 5) is 0. The molecule has 0 aliphatic rings. The van der Waals surface area contributed by atoms with Gasteiger partial charge in [0.15, 0.2) is 0 Å². The van der Waals surface area contributed by atoms with E-state index in [0.717, 1.165) is 24.3 Å². The van der Waals surface area contributed by atoms with Crippen LogP contribution >= 0.6 is 0 Å². The largest absolute Gasteiger partial charge is 0.573 e. The summed E-state index contributed by atoms with van der Waals surface area (Å²) in [6, 6.07) is 9.42. The number of rotatable bonds is 4. The van der Waals surface area contributed by atoms with Crippen molar-refractivity contribution in [3.05, 3.63) is 48.5 Å². The summed E-state index contributed by atoms with van der Waals surface area (Å²) >= 11 is 0. The molecule has 0 saturated carbocycles. The predicted octanol–water partition coefficient (Wildman–Crippen LogP) is 5.05. The van der Waals surface area contributed by atoms with Gasteiger partial charge >= 0.3 is 12.7 Å². The zero-order chi connectivity index (χ0) is 17.1. The first-order chi connectivity index (χ1) is 10.6. The van der Waals surface area contributed by atoms with Crippen LogP contribution in [0.2, 0.25) is 0 Å². The average molecular weight is 336 g/mol. The van der Waals surface area contributed by atoms with Gasteiger partial charge in [0, 0.05) is 0 Å². The highest BCUT2D eigenvalue weighted by Crippen LogP contribution is 2.27. The second-order valence-corrected chi connectivity index (χ2v) is 4.20. The van der Waals surface area contributed by atoms with Crippen LogP contribution in [0.1, 0.15) is 0 Å². The van der Waals surface area contributed by atoms with E-state index in [2.05, 4.69) is 14.8 Å². The quantitative estimate of drug-likeness (QED) is 0.732. The van der Waals surface area contributed by atoms with Gasteiger partial charge in [-0.2, -0.15) is 0 Å². The summed E-state index contributed by atoms with van der Waals surface area (Å²) < 4.78 is 79.4. The highest BCUT2D eigenvalue weighted by molar-refractivity contribution is 5.51. The van der Waals surface area contributed by atoms with Crippen LogP contribution in [0.4, 0.5) is 37.7 Å². The van der Waals surface area contributed by atoms with Crippen LogP contribution in [0, 0.1) is 0 Å². The lowest BCUT2D eigenvalue weighted by Gasteiger charge is -2.10. The van der Waals surface area contributed by atoms with Crippen molar-refractivity contribution in [2.45, 2.75) is 12.7 Å². The van der Waals surface area contributed by atoms with Crippen molar-refractivity contribution in [3.8, 4) is 11.5 Å². The smallest absolute Gasteiger partial charge is 0.406 e. The fourth-order valence-corrected chi connectivity index (χ4v) is 1.59.